The molecule has 0 aliphatic carbocycles. The van der Waals surface area contributed by atoms with Gasteiger partial charge in [0.2, 0.25) is 0 Å². The molecule has 3 heteroatoms. The molecular formula is C2H3AlBr2. The van der Waals surface area contributed by atoms with Crippen molar-refractivity contribution in [3.05, 3.63) is 11.5 Å². The third kappa shape index (κ3) is 36.0. The Morgan fingerprint density at radius 2 is 1.40 bits per heavy atom. The van der Waals surface area contributed by atoms with Crippen LogP contribution < -0.4 is 34.0 Å². The van der Waals surface area contributed by atoms with E-state index in [1.54, 1.807) is 4.94 Å². The van der Waals surface area contributed by atoms with Gasteiger partial charge in [-0.15, -0.1) is 0 Å². The molecule has 0 saturated heterocycles. The standard InChI is InChI=1S/C2H3.Al.2BrH/c1-2;;;/h1H,2H2;;2*1H/q;+2;;/p-2. The second-order valence-corrected chi connectivity index (χ2v) is 0.707. The smallest absolute Gasteiger partial charge is 1.00 e. The first-order valence-electron chi connectivity index (χ1n) is 0.742. The molecule has 0 aromatic carbocycles. The van der Waals surface area contributed by atoms with E-state index in [1.807, 2.05) is 0 Å². The number of hydrogen-bond acceptors (Lipinski definition) is 0. The van der Waals surface area contributed by atoms with E-state index in [-0.39, 0.29) is 34.0 Å². The first kappa shape index (κ1) is 16.3. The fourth-order valence-corrected chi connectivity index (χ4v) is 0. The van der Waals surface area contributed by atoms with Crippen molar-refractivity contribution in [2.24, 2.45) is 0 Å². The minimum atomic E-state index is 0. The summed E-state index contributed by atoms with van der Waals surface area (Å²) in [6, 6.07) is 0. The quantitative estimate of drug-likeness (QED) is 0.352. The Kier molecular flexibility index (Phi) is 61.4. The van der Waals surface area contributed by atoms with Crippen LogP contribution in [-0.4, -0.2) is 16.3 Å². The molecule has 0 radical (unpaired) electrons. The zero-order chi connectivity index (χ0) is 2.71. The van der Waals surface area contributed by atoms with Crippen LogP contribution in [0.15, 0.2) is 11.5 Å². The van der Waals surface area contributed by atoms with Gasteiger partial charge in [-0.3, -0.25) is 0 Å². The Labute approximate surface area is 61.6 Å². The number of rotatable bonds is 0. The van der Waals surface area contributed by atoms with Crippen molar-refractivity contribution in [1.29, 1.82) is 0 Å². The fourth-order valence-electron chi connectivity index (χ4n) is 0. The second kappa shape index (κ2) is 18.8. The number of halogens is 2. The van der Waals surface area contributed by atoms with Crippen LogP contribution in [0, 0.1) is 0 Å². The summed E-state index contributed by atoms with van der Waals surface area (Å²) in [4.78, 5) is 1.67. The van der Waals surface area contributed by atoms with Gasteiger partial charge >= 0.3 is 27.8 Å². The predicted octanol–water partition coefficient (Wildman–Crippen LogP) is -5.69. The molecule has 5 heavy (non-hydrogen) atoms. The van der Waals surface area contributed by atoms with Crippen LogP contribution in [0.5, 0.6) is 0 Å². The van der Waals surface area contributed by atoms with Gasteiger partial charge in [-0.25, -0.2) is 0 Å². The maximum atomic E-state index is 3.32. The third-order valence-electron chi connectivity index (χ3n) is 0. The summed E-state index contributed by atoms with van der Waals surface area (Å²) in [7, 11) is 0. The molecule has 0 heterocycles. The molecule has 0 aromatic rings. The second-order valence-electron chi connectivity index (χ2n) is 0.236. The van der Waals surface area contributed by atoms with Gasteiger partial charge < -0.3 is 34.0 Å². The monoisotopic (exact) mass is 212 g/mol. The maximum Gasteiger partial charge on any atom is -1.00 e. The van der Waals surface area contributed by atoms with E-state index in [1.165, 1.54) is 0 Å². The Bertz CT molecular complexity index is 15.1. The van der Waals surface area contributed by atoms with Gasteiger partial charge in [-0.05, 0) is 0 Å². The van der Waals surface area contributed by atoms with E-state index in [2.05, 4.69) is 22.9 Å². The van der Waals surface area contributed by atoms with Crippen LogP contribution in [-0.2, 0) is 0 Å². The van der Waals surface area contributed by atoms with Crippen molar-refractivity contribution in [2.75, 3.05) is 0 Å². The van der Waals surface area contributed by atoms with Gasteiger partial charge in [0.05, 0.1) is 0 Å². The molecule has 0 bridgehead atoms. The zero-order valence-electron chi connectivity index (χ0n) is 2.62. The minimum absolute atomic E-state index is 0. The van der Waals surface area contributed by atoms with Crippen LogP contribution in [0.3, 0.4) is 0 Å². The Morgan fingerprint density at radius 3 is 1.40 bits per heavy atom. The summed E-state index contributed by atoms with van der Waals surface area (Å²) >= 11 is 2.34. The topological polar surface area (TPSA) is 0 Å². The molecule has 0 fully saturated rings. The Hall–Kier alpha value is 1.23. The fraction of sp³-hybridized carbons (Fsp3) is 0. The van der Waals surface area contributed by atoms with Gasteiger partial charge in [-0.2, -0.15) is 0 Å². The summed E-state index contributed by atoms with van der Waals surface area (Å²) in [6.45, 7) is 3.32. The van der Waals surface area contributed by atoms with Crippen LogP contribution >= 0.6 is 0 Å². The molecule has 0 nitrogen and oxygen atoms in total. The molecule has 0 rings (SSSR count). The maximum absolute atomic E-state index is 3.32. The van der Waals surface area contributed by atoms with Gasteiger partial charge in [0.1, 0.15) is 0 Å². The SMILES string of the molecule is C=[CH][Al+2].[Br-].[Br-]. The van der Waals surface area contributed by atoms with E-state index >= 15 is 0 Å². The molecule has 0 aliphatic heterocycles. The van der Waals surface area contributed by atoms with E-state index in [0.29, 0.717) is 0 Å². The molecule has 0 saturated carbocycles. The Balaban J connectivity index is -0.0000000200. The van der Waals surface area contributed by atoms with Crippen LogP contribution in [0.1, 0.15) is 0 Å². The molecule has 28 valence electrons. The van der Waals surface area contributed by atoms with Crippen molar-refractivity contribution >= 4 is 16.3 Å². The average Bonchev–Trinajstić information content (AvgIpc) is 0.918. The Morgan fingerprint density at radius 1 is 1.40 bits per heavy atom. The normalized spacial score (nSPS) is 2.80. The van der Waals surface area contributed by atoms with Crippen LogP contribution in [0.25, 0.3) is 0 Å². The third-order valence-corrected chi connectivity index (χ3v) is 0. The first-order chi connectivity index (χ1) is 1.41. The summed E-state index contributed by atoms with van der Waals surface area (Å²) in [5.74, 6) is 0. The van der Waals surface area contributed by atoms with Gasteiger partial charge in [-0.1, -0.05) is 0 Å². The summed E-state index contributed by atoms with van der Waals surface area (Å²) < 4.78 is 0. The molecule has 0 atom stereocenters. The van der Waals surface area contributed by atoms with E-state index in [9.17, 15) is 0 Å². The van der Waals surface area contributed by atoms with Crippen molar-refractivity contribution < 1.29 is 34.0 Å². The van der Waals surface area contributed by atoms with Crippen molar-refractivity contribution in [3.8, 4) is 0 Å². The summed E-state index contributed by atoms with van der Waals surface area (Å²) in [6.07, 6.45) is 0. The molecular weight excluding hydrogens is 211 g/mol. The van der Waals surface area contributed by atoms with E-state index in [0.717, 1.165) is 0 Å². The molecule has 0 spiro atoms. The minimum Gasteiger partial charge on any atom is -1.00 e. The largest absolute Gasteiger partial charge is 1.00 e. The zero-order valence-corrected chi connectivity index (χ0v) is 6.94. The van der Waals surface area contributed by atoms with Crippen LogP contribution in [0.2, 0.25) is 0 Å². The van der Waals surface area contributed by atoms with Gasteiger partial charge in [0.15, 0.2) is 0 Å². The molecule has 0 aromatic heterocycles. The molecule has 0 N–H and O–H groups in total. The number of hydrogen-bond donors (Lipinski definition) is 0. The summed E-state index contributed by atoms with van der Waals surface area (Å²) in [5, 5.41) is 0. The van der Waals surface area contributed by atoms with E-state index in [4.69, 9.17) is 0 Å². The van der Waals surface area contributed by atoms with Crippen molar-refractivity contribution in [1.82, 2.24) is 0 Å². The van der Waals surface area contributed by atoms with Crippen LogP contribution in [0.4, 0.5) is 0 Å². The molecule has 0 unspecified atom stereocenters. The predicted molar refractivity (Wildman–Crippen MR) is 16.0 cm³/mol. The van der Waals surface area contributed by atoms with Gasteiger partial charge in [0.25, 0.3) is 0 Å². The van der Waals surface area contributed by atoms with Gasteiger partial charge in [0, 0.05) is 0 Å². The first-order valence-corrected chi connectivity index (χ1v) is 1.41. The van der Waals surface area contributed by atoms with Crippen molar-refractivity contribution in [3.63, 3.8) is 0 Å². The summed E-state index contributed by atoms with van der Waals surface area (Å²) in [5.41, 5.74) is 0. The molecule has 0 aliphatic rings. The molecule has 0 amide bonds. The van der Waals surface area contributed by atoms with Crippen molar-refractivity contribution in [2.45, 2.75) is 0 Å². The van der Waals surface area contributed by atoms with E-state index < -0.39 is 0 Å². The average molecular weight is 214 g/mol.